The first kappa shape index (κ1) is 17.7. The molecule has 0 atom stereocenters. The fourth-order valence-electron chi connectivity index (χ4n) is 2.30. The lowest BCUT2D eigenvalue weighted by Crippen LogP contribution is -2.30. The van der Waals surface area contributed by atoms with Gasteiger partial charge in [0.25, 0.3) is 11.8 Å². The van der Waals surface area contributed by atoms with Crippen molar-refractivity contribution < 1.29 is 14.0 Å². The summed E-state index contributed by atoms with van der Waals surface area (Å²) in [6.45, 7) is 7.07. The van der Waals surface area contributed by atoms with Gasteiger partial charge >= 0.3 is 0 Å². The Bertz CT molecular complexity index is 692. The summed E-state index contributed by atoms with van der Waals surface area (Å²) >= 11 is 0. The van der Waals surface area contributed by atoms with E-state index in [9.17, 15) is 9.59 Å². The minimum atomic E-state index is -0.281. The van der Waals surface area contributed by atoms with E-state index in [0.717, 1.165) is 6.42 Å². The van der Waals surface area contributed by atoms with Crippen molar-refractivity contribution in [2.24, 2.45) is 0 Å². The number of amides is 2. The molecule has 0 aliphatic carbocycles. The van der Waals surface area contributed by atoms with Gasteiger partial charge in [-0.05, 0) is 38.0 Å². The first-order chi connectivity index (χ1) is 11.6. The monoisotopic (exact) mass is 329 g/mol. The van der Waals surface area contributed by atoms with Crippen molar-refractivity contribution in [3.63, 3.8) is 0 Å². The Kier molecular flexibility index (Phi) is 6.12. The number of aryl methyl sites for hydroxylation is 1. The average molecular weight is 329 g/mol. The van der Waals surface area contributed by atoms with E-state index in [1.807, 2.05) is 38.1 Å². The maximum Gasteiger partial charge on any atom is 0.273 e. The zero-order valence-electron chi connectivity index (χ0n) is 14.3. The van der Waals surface area contributed by atoms with Gasteiger partial charge in [-0.15, -0.1) is 0 Å². The Morgan fingerprint density at radius 2 is 1.88 bits per heavy atom. The maximum atomic E-state index is 12.6. The average Bonchev–Trinajstić information content (AvgIpc) is 3.08. The van der Waals surface area contributed by atoms with E-state index in [0.29, 0.717) is 24.5 Å². The van der Waals surface area contributed by atoms with Gasteiger partial charge in [-0.1, -0.05) is 19.1 Å². The second-order valence-corrected chi connectivity index (χ2v) is 5.36. The number of nitrogens with one attached hydrogen (secondary N) is 1. The van der Waals surface area contributed by atoms with Crippen LogP contribution >= 0.6 is 0 Å². The molecule has 2 aromatic rings. The van der Waals surface area contributed by atoms with Crippen molar-refractivity contribution in [3.05, 3.63) is 53.2 Å². The molecule has 1 N–H and O–H groups in total. The van der Waals surface area contributed by atoms with Gasteiger partial charge in [0.2, 0.25) is 5.89 Å². The van der Waals surface area contributed by atoms with E-state index in [4.69, 9.17) is 4.42 Å². The van der Waals surface area contributed by atoms with E-state index in [1.54, 1.807) is 4.90 Å². The molecule has 0 bridgehead atoms. The maximum absolute atomic E-state index is 12.6. The van der Waals surface area contributed by atoms with Crippen LogP contribution in [0, 0.1) is 0 Å². The SMILES string of the molecule is CCNC(=O)c1coc(CN(CC)C(=O)c2ccc(CC)cc2)n1. The highest BCUT2D eigenvalue weighted by atomic mass is 16.3. The quantitative estimate of drug-likeness (QED) is 0.847. The topological polar surface area (TPSA) is 75.4 Å². The molecule has 6 nitrogen and oxygen atoms in total. The van der Waals surface area contributed by atoms with Gasteiger partial charge in [-0.3, -0.25) is 9.59 Å². The van der Waals surface area contributed by atoms with E-state index in [-0.39, 0.29) is 24.1 Å². The van der Waals surface area contributed by atoms with Gasteiger partial charge in [0.1, 0.15) is 6.26 Å². The van der Waals surface area contributed by atoms with E-state index in [1.165, 1.54) is 11.8 Å². The molecule has 1 heterocycles. The molecule has 0 spiro atoms. The number of carbonyl (C=O) groups excluding carboxylic acids is 2. The molecule has 0 aliphatic heterocycles. The molecule has 0 radical (unpaired) electrons. The molecule has 128 valence electrons. The lowest BCUT2D eigenvalue weighted by Gasteiger charge is -2.19. The standard InChI is InChI=1S/C18H23N3O3/c1-4-13-7-9-14(10-8-13)18(23)21(6-3)11-16-20-15(12-24-16)17(22)19-5-2/h7-10,12H,4-6,11H2,1-3H3,(H,19,22). The Hall–Kier alpha value is -2.63. The van der Waals surface area contributed by atoms with Crippen molar-refractivity contribution in [1.82, 2.24) is 15.2 Å². The molecule has 6 heteroatoms. The second kappa shape index (κ2) is 8.29. The van der Waals surface area contributed by atoms with Crippen LogP contribution in [0.15, 0.2) is 34.9 Å². The van der Waals surface area contributed by atoms with Crippen LogP contribution in [0.2, 0.25) is 0 Å². The number of hydrogen-bond acceptors (Lipinski definition) is 4. The number of oxazole rings is 1. The van der Waals surface area contributed by atoms with Crippen molar-refractivity contribution in [2.75, 3.05) is 13.1 Å². The first-order valence-electron chi connectivity index (χ1n) is 8.19. The van der Waals surface area contributed by atoms with Crippen LogP contribution in [0.1, 0.15) is 53.1 Å². The molecular weight excluding hydrogens is 306 g/mol. The van der Waals surface area contributed by atoms with Crippen LogP contribution in [0.25, 0.3) is 0 Å². The van der Waals surface area contributed by atoms with Gasteiger partial charge < -0.3 is 14.6 Å². The Morgan fingerprint density at radius 3 is 2.46 bits per heavy atom. The van der Waals surface area contributed by atoms with E-state index < -0.39 is 0 Å². The highest BCUT2D eigenvalue weighted by Crippen LogP contribution is 2.12. The molecule has 2 amide bonds. The van der Waals surface area contributed by atoms with Crippen LogP contribution in [0.5, 0.6) is 0 Å². The molecule has 0 fully saturated rings. The summed E-state index contributed by atoms with van der Waals surface area (Å²) in [5, 5.41) is 2.66. The normalized spacial score (nSPS) is 10.5. The van der Waals surface area contributed by atoms with Gasteiger partial charge in [0, 0.05) is 18.7 Å². The third-order valence-corrected chi connectivity index (χ3v) is 3.73. The molecule has 2 rings (SSSR count). The summed E-state index contributed by atoms with van der Waals surface area (Å²) in [4.78, 5) is 30.1. The van der Waals surface area contributed by atoms with Gasteiger partial charge in [0.05, 0.1) is 6.54 Å². The third-order valence-electron chi connectivity index (χ3n) is 3.73. The Labute approximate surface area is 141 Å². The highest BCUT2D eigenvalue weighted by Gasteiger charge is 2.18. The summed E-state index contributed by atoms with van der Waals surface area (Å²) in [6, 6.07) is 7.58. The molecular formula is C18H23N3O3. The second-order valence-electron chi connectivity index (χ2n) is 5.36. The molecule has 1 aromatic carbocycles. The summed E-state index contributed by atoms with van der Waals surface area (Å²) in [5.74, 6) is -0.0217. The van der Waals surface area contributed by atoms with Crippen LogP contribution in [0.4, 0.5) is 0 Å². The number of benzene rings is 1. The number of nitrogens with zero attached hydrogens (tertiary/aromatic N) is 2. The zero-order chi connectivity index (χ0) is 17.5. The van der Waals surface area contributed by atoms with Crippen molar-refractivity contribution in [2.45, 2.75) is 33.7 Å². The fraction of sp³-hybridized carbons (Fsp3) is 0.389. The number of hydrogen-bond donors (Lipinski definition) is 1. The van der Waals surface area contributed by atoms with Crippen molar-refractivity contribution in [3.8, 4) is 0 Å². The van der Waals surface area contributed by atoms with Crippen molar-refractivity contribution >= 4 is 11.8 Å². The Morgan fingerprint density at radius 1 is 1.17 bits per heavy atom. The highest BCUT2D eigenvalue weighted by molar-refractivity contribution is 5.94. The smallest absolute Gasteiger partial charge is 0.273 e. The zero-order valence-corrected chi connectivity index (χ0v) is 14.3. The summed E-state index contributed by atoms with van der Waals surface area (Å²) in [6.07, 6.45) is 2.25. The minimum Gasteiger partial charge on any atom is -0.446 e. The van der Waals surface area contributed by atoms with Gasteiger partial charge in [-0.2, -0.15) is 0 Å². The fourth-order valence-corrected chi connectivity index (χ4v) is 2.30. The predicted molar refractivity (Wildman–Crippen MR) is 90.7 cm³/mol. The van der Waals surface area contributed by atoms with Crippen LogP contribution < -0.4 is 5.32 Å². The number of rotatable bonds is 7. The summed E-state index contributed by atoms with van der Waals surface area (Å²) in [7, 11) is 0. The number of carbonyl (C=O) groups is 2. The molecule has 1 aromatic heterocycles. The van der Waals surface area contributed by atoms with Crippen LogP contribution in [0.3, 0.4) is 0 Å². The minimum absolute atomic E-state index is 0.0853. The molecule has 24 heavy (non-hydrogen) atoms. The molecule has 0 unspecified atom stereocenters. The lowest BCUT2D eigenvalue weighted by molar-refractivity contribution is 0.0738. The van der Waals surface area contributed by atoms with Gasteiger partial charge in [0.15, 0.2) is 5.69 Å². The predicted octanol–water partition coefficient (Wildman–Crippen LogP) is 2.65. The van der Waals surface area contributed by atoms with E-state index >= 15 is 0 Å². The molecule has 0 saturated carbocycles. The molecule has 0 aliphatic rings. The van der Waals surface area contributed by atoms with Crippen LogP contribution in [-0.2, 0) is 13.0 Å². The largest absolute Gasteiger partial charge is 0.446 e. The van der Waals surface area contributed by atoms with Crippen LogP contribution in [-0.4, -0.2) is 34.8 Å². The third kappa shape index (κ3) is 4.22. The summed E-state index contributed by atoms with van der Waals surface area (Å²) < 4.78 is 5.32. The van der Waals surface area contributed by atoms with E-state index in [2.05, 4.69) is 17.2 Å². The number of aromatic nitrogens is 1. The molecule has 0 saturated heterocycles. The Balaban J connectivity index is 2.08. The first-order valence-corrected chi connectivity index (χ1v) is 8.19. The van der Waals surface area contributed by atoms with Gasteiger partial charge in [-0.25, -0.2) is 4.98 Å². The lowest BCUT2D eigenvalue weighted by atomic mass is 10.1. The summed E-state index contributed by atoms with van der Waals surface area (Å²) in [5.41, 5.74) is 2.04. The van der Waals surface area contributed by atoms with Crippen molar-refractivity contribution in [1.29, 1.82) is 0 Å².